The third-order valence-electron chi connectivity index (χ3n) is 6.02. The smallest absolute Gasteiger partial charge is 0.322 e. The Balaban J connectivity index is 1.49. The molecule has 1 N–H and O–H groups in total. The first-order valence-electron chi connectivity index (χ1n) is 11.4. The Morgan fingerprint density at radius 2 is 1.81 bits per heavy atom. The van der Waals surface area contributed by atoms with Crippen LogP contribution in [0.3, 0.4) is 0 Å². The van der Waals surface area contributed by atoms with Crippen LogP contribution in [0.15, 0.2) is 66.7 Å². The van der Waals surface area contributed by atoms with E-state index in [4.69, 9.17) is 0 Å². The number of hydrogen-bond donors (Lipinski definition) is 1. The van der Waals surface area contributed by atoms with E-state index in [0.29, 0.717) is 42.0 Å². The summed E-state index contributed by atoms with van der Waals surface area (Å²) in [5.74, 6) is -0.545. The maximum Gasteiger partial charge on any atom is 0.416 e. The van der Waals surface area contributed by atoms with Crippen LogP contribution in [0.25, 0.3) is 0 Å². The number of rotatable bonds is 6. The number of nitrogens with zero attached hydrogens (tertiary/aromatic N) is 3. The molecule has 4 rings (SSSR count). The highest BCUT2D eigenvalue weighted by Crippen LogP contribution is 2.30. The van der Waals surface area contributed by atoms with Crippen molar-refractivity contribution in [1.82, 2.24) is 4.90 Å². The summed E-state index contributed by atoms with van der Waals surface area (Å²) >= 11 is 0. The van der Waals surface area contributed by atoms with E-state index in [0.717, 1.165) is 12.1 Å². The molecule has 0 aliphatic carbocycles. The van der Waals surface area contributed by atoms with Crippen LogP contribution in [0.1, 0.15) is 33.5 Å². The Bertz CT molecular complexity index is 1360. The van der Waals surface area contributed by atoms with Crippen molar-refractivity contribution in [3.8, 4) is 0 Å². The summed E-state index contributed by atoms with van der Waals surface area (Å²) in [6.45, 7) is 2.41. The lowest BCUT2D eigenvalue weighted by Gasteiger charge is -2.36. The number of benzene rings is 3. The Labute approximate surface area is 210 Å². The van der Waals surface area contributed by atoms with Gasteiger partial charge in [-0.05, 0) is 55.3 Å². The zero-order valence-corrected chi connectivity index (χ0v) is 19.8. The topological polar surface area (TPSA) is 95.8 Å². The van der Waals surface area contributed by atoms with E-state index in [2.05, 4.69) is 5.32 Å². The Hall–Kier alpha value is -4.41. The number of amides is 3. The zero-order valence-electron chi connectivity index (χ0n) is 19.8. The normalized spacial score (nSPS) is 14.0. The number of carbonyl (C=O) groups is 2. The van der Waals surface area contributed by atoms with Crippen LogP contribution < -0.4 is 10.2 Å². The van der Waals surface area contributed by atoms with Gasteiger partial charge < -0.3 is 10.2 Å². The van der Waals surface area contributed by atoms with E-state index in [1.165, 1.54) is 34.1 Å². The second-order valence-electron chi connectivity index (χ2n) is 8.67. The fourth-order valence-electron chi connectivity index (χ4n) is 4.14. The molecular weight excluding hydrogens is 489 g/mol. The Morgan fingerprint density at radius 1 is 1.05 bits per heavy atom. The van der Waals surface area contributed by atoms with Gasteiger partial charge in [0, 0.05) is 48.2 Å². The van der Waals surface area contributed by atoms with E-state index < -0.39 is 22.6 Å². The van der Waals surface area contributed by atoms with Crippen molar-refractivity contribution in [2.24, 2.45) is 0 Å². The molecule has 1 heterocycles. The molecule has 0 spiro atoms. The molecule has 1 aliphatic rings. The number of urea groups is 1. The number of nitro groups is 1. The first-order chi connectivity index (χ1) is 17.5. The lowest BCUT2D eigenvalue weighted by atomic mass is 10.1. The highest BCUT2D eigenvalue weighted by Gasteiger charge is 2.31. The van der Waals surface area contributed by atoms with Crippen LogP contribution in [0.5, 0.6) is 0 Å². The first-order valence-corrected chi connectivity index (χ1v) is 11.4. The molecule has 37 heavy (non-hydrogen) atoms. The van der Waals surface area contributed by atoms with E-state index in [9.17, 15) is 32.9 Å². The van der Waals surface area contributed by atoms with E-state index in [1.807, 2.05) is 0 Å². The summed E-state index contributed by atoms with van der Waals surface area (Å²) in [6, 6.07) is 15.3. The van der Waals surface area contributed by atoms with Crippen molar-refractivity contribution < 1.29 is 27.7 Å². The molecule has 0 saturated carbocycles. The Morgan fingerprint density at radius 3 is 2.54 bits per heavy atom. The number of carbonyl (C=O) groups excluding carboxylic acids is 2. The van der Waals surface area contributed by atoms with Gasteiger partial charge in [-0.3, -0.25) is 19.8 Å². The molecule has 0 radical (unpaired) electrons. The molecule has 1 aliphatic heterocycles. The minimum absolute atomic E-state index is 0.0296. The molecule has 3 aromatic carbocycles. The van der Waals surface area contributed by atoms with Gasteiger partial charge in [0.25, 0.3) is 11.6 Å². The maximum absolute atomic E-state index is 13.2. The predicted octanol–water partition coefficient (Wildman–Crippen LogP) is 6.01. The van der Waals surface area contributed by atoms with Gasteiger partial charge in [0.1, 0.15) is 0 Å². The first kappa shape index (κ1) is 25.7. The molecule has 0 bridgehead atoms. The molecule has 8 nitrogen and oxygen atoms in total. The average Bonchev–Trinajstić information content (AvgIpc) is 2.85. The summed E-state index contributed by atoms with van der Waals surface area (Å²) in [5, 5.41) is 13.9. The van der Waals surface area contributed by atoms with Crippen molar-refractivity contribution in [3.63, 3.8) is 0 Å². The highest BCUT2D eigenvalue weighted by molar-refractivity contribution is 6.05. The molecule has 1 saturated heterocycles. The third kappa shape index (κ3) is 5.88. The van der Waals surface area contributed by atoms with Crippen LogP contribution in [0, 0.1) is 17.0 Å². The lowest BCUT2D eigenvalue weighted by molar-refractivity contribution is -0.385. The average molecular weight is 512 g/mol. The van der Waals surface area contributed by atoms with Crippen molar-refractivity contribution in [3.05, 3.63) is 99.1 Å². The molecule has 3 amide bonds. The third-order valence-corrected chi connectivity index (χ3v) is 6.02. The summed E-state index contributed by atoms with van der Waals surface area (Å²) in [6.07, 6.45) is -3.86. The van der Waals surface area contributed by atoms with Gasteiger partial charge in [0.15, 0.2) is 0 Å². The quantitative estimate of drug-likeness (QED) is 0.323. The minimum Gasteiger partial charge on any atom is -0.322 e. The number of nitro benzene ring substituents is 1. The predicted molar refractivity (Wildman–Crippen MR) is 131 cm³/mol. The van der Waals surface area contributed by atoms with Gasteiger partial charge in [-0.15, -0.1) is 0 Å². The van der Waals surface area contributed by atoms with E-state index in [-0.39, 0.29) is 23.8 Å². The van der Waals surface area contributed by atoms with E-state index >= 15 is 0 Å². The van der Waals surface area contributed by atoms with Crippen LogP contribution >= 0.6 is 0 Å². The zero-order chi connectivity index (χ0) is 26.7. The molecular formula is C26H23F3N4O4. The fraction of sp³-hybridized carbons (Fsp3) is 0.231. The molecule has 0 unspecified atom stereocenters. The monoisotopic (exact) mass is 512 g/mol. The summed E-state index contributed by atoms with van der Waals surface area (Å²) < 4.78 is 39.2. The number of aryl methyl sites for hydroxylation is 1. The Kier molecular flexibility index (Phi) is 7.14. The number of anilines is 2. The summed E-state index contributed by atoms with van der Waals surface area (Å²) in [7, 11) is 0. The SMILES string of the molecule is Cc1ccc(C(=O)Nc2cccc(N3CCCN(Cc4cccc(C(F)(F)F)c4)C3=O)c2)cc1[N+](=O)[O-]. The van der Waals surface area contributed by atoms with Gasteiger partial charge in [-0.1, -0.05) is 24.3 Å². The summed E-state index contributed by atoms with van der Waals surface area (Å²) in [4.78, 5) is 39.5. The number of hydrogen-bond acceptors (Lipinski definition) is 4. The van der Waals surface area contributed by atoms with Crippen molar-refractivity contribution in [2.75, 3.05) is 23.3 Å². The van der Waals surface area contributed by atoms with Gasteiger partial charge in [-0.2, -0.15) is 13.2 Å². The fourth-order valence-corrected chi connectivity index (χ4v) is 4.14. The largest absolute Gasteiger partial charge is 0.416 e. The van der Waals surface area contributed by atoms with Crippen molar-refractivity contribution >= 4 is 29.0 Å². The number of alkyl halides is 3. The lowest BCUT2D eigenvalue weighted by Crippen LogP contribution is -2.49. The molecule has 1 fully saturated rings. The second-order valence-corrected chi connectivity index (χ2v) is 8.67. The van der Waals surface area contributed by atoms with Gasteiger partial charge in [0.05, 0.1) is 10.5 Å². The molecule has 3 aromatic rings. The van der Waals surface area contributed by atoms with Crippen LogP contribution in [0.2, 0.25) is 0 Å². The standard InChI is InChI=1S/C26H23F3N4O4/c1-17-9-10-19(14-23(17)33(36)37)24(34)30-21-7-3-8-22(15-21)32-12-4-11-31(25(32)35)16-18-5-2-6-20(13-18)26(27,28)29/h2-3,5-10,13-15H,4,11-12,16H2,1H3,(H,30,34). The van der Waals surface area contributed by atoms with Crippen LogP contribution in [-0.4, -0.2) is 34.9 Å². The van der Waals surface area contributed by atoms with Crippen LogP contribution in [0.4, 0.5) is 35.0 Å². The summed E-state index contributed by atoms with van der Waals surface area (Å²) in [5.41, 5.74) is 0.874. The molecule has 11 heteroatoms. The highest BCUT2D eigenvalue weighted by atomic mass is 19.4. The molecule has 192 valence electrons. The van der Waals surface area contributed by atoms with E-state index in [1.54, 1.807) is 37.3 Å². The second kappa shape index (κ2) is 10.3. The van der Waals surface area contributed by atoms with Crippen LogP contribution in [-0.2, 0) is 12.7 Å². The van der Waals surface area contributed by atoms with Gasteiger partial charge in [0.2, 0.25) is 0 Å². The van der Waals surface area contributed by atoms with Crippen molar-refractivity contribution in [2.45, 2.75) is 26.1 Å². The van der Waals surface area contributed by atoms with Gasteiger partial charge in [-0.25, -0.2) is 4.79 Å². The molecule has 0 atom stereocenters. The maximum atomic E-state index is 13.2. The minimum atomic E-state index is -4.47. The number of nitrogens with one attached hydrogen (secondary N) is 1. The number of halogens is 3. The van der Waals surface area contributed by atoms with Crippen molar-refractivity contribution in [1.29, 1.82) is 0 Å². The van der Waals surface area contributed by atoms with Gasteiger partial charge >= 0.3 is 12.2 Å². The molecule has 0 aromatic heterocycles.